The molecule has 0 aromatic rings. The van der Waals surface area contributed by atoms with Gasteiger partial charge in [0, 0.05) is 5.92 Å². The average Bonchev–Trinajstić information content (AvgIpc) is 2.09. The van der Waals surface area contributed by atoms with Gasteiger partial charge in [-0.25, -0.2) is 0 Å². The monoisotopic (exact) mass is 172 g/mol. The van der Waals surface area contributed by atoms with Crippen molar-refractivity contribution in [2.75, 3.05) is 6.61 Å². The molecule has 1 aliphatic heterocycles. The molecular formula is C8H12O4. The first-order valence-corrected chi connectivity index (χ1v) is 3.97. The number of aliphatic hydroxyl groups is 1. The Balaban J connectivity index is 2.78. The highest BCUT2D eigenvalue weighted by molar-refractivity contribution is 6.28. The number of ketones is 1. The Hall–Kier alpha value is -0.740. The van der Waals surface area contributed by atoms with E-state index in [9.17, 15) is 14.7 Å². The lowest BCUT2D eigenvalue weighted by Gasteiger charge is -2.34. The van der Waals surface area contributed by atoms with Crippen molar-refractivity contribution < 1.29 is 19.4 Å². The van der Waals surface area contributed by atoms with Crippen LogP contribution in [0.2, 0.25) is 0 Å². The van der Waals surface area contributed by atoms with Crippen LogP contribution in [0.4, 0.5) is 0 Å². The van der Waals surface area contributed by atoms with E-state index in [-0.39, 0.29) is 12.2 Å². The molecule has 1 heterocycles. The van der Waals surface area contributed by atoms with Gasteiger partial charge >= 0.3 is 0 Å². The van der Waals surface area contributed by atoms with Gasteiger partial charge in [-0.1, -0.05) is 6.92 Å². The third kappa shape index (κ3) is 1.40. The number of ether oxygens (including phenoxy) is 1. The second-order valence-electron chi connectivity index (χ2n) is 3.07. The number of carbonyl (C=O) groups is 2. The van der Waals surface area contributed by atoms with E-state index in [4.69, 9.17) is 4.74 Å². The normalized spacial score (nSPS) is 36.0. The molecule has 0 amide bonds. The first-order valence-electron chi connectivity index (χ1n) is 3.97. The van der Waals surface area contributed by atoms with E-state index in [1.165, 1.54) is 0 Å². The largest absolute Gasteiger partial charge is 0.359 e. The van der Waals surface area contributed by atoms with Gasteiger partial charge in [-0.2, -0.15) is 0 Å². The first kappa shape index (κ1) is 9.35. The van der Waals surface area contributed by atoms with Gasteiger partial charge in [0.1, 0.15) is 0 Å². The lowest BCUT2D eigenvalue weighted by molar-refractivity contribution is -0.238. The van der Waals surface area contributed by atoms with E-state index in [0.29, 0.717) is 13.0 Å². The van der Waals surface area contributed by atoms with Gasteiger partial charge < -0.3 is 9.84 Å². The third-order valence-electron chi connectivity index (χ3n) is 2.23. The quantitative estimate of drug-likeness (QED) is 0.466. The number of rotatable bonds is 2. The molecule has 1 fully saturated rings. The van der Waals surface area contributed by atoms with Crippen LogP contribution < -0.4 is 0 Å². The fraction of sp³-hybridized carbons (Fsp3) is 0.750. The summed E-state index contributed by atoms with van der Waals surface area (Å²) in [4.78, 5) is 21.1. The summed E-state index contributed by atoms with van der Waals surface area (Å²) in [5.41, 5.74) is 0. The molecule has 1 saturated heterocycles. The highest BCUT2D eigenvalue weighted by Crippen LogP contribution is 2.28. The van der Waals surface area contributed by atoms with E-state index in [1.807, 2.05) is 0 Å². The van der Waals surface area contributed by atoms with Crippen molar-refractivity contribution in [1.29, 1.82) is 0 Å². The van der Waals surface area contributed by atoms with Gasteiger partial charge in [0.05, 0.1) is 6.61 Å². The summed E-state index contributed by atoms with van der Waals surface area (Å²) < 4.78 is 4.91. The smallest absolute Gasteiger partial charge is 0.254 e. The lowest BCUT2D eigenvalue weighted by atomic mass is 9.90. The molecule has 68 valence electrons. The van der Waals surface area contributed by atoms with Crippen molar-refractivity contribution in [1.82, 2.24) is 0 Å². The van der Waals surface area contributed by atoms with Crippen LogP contribution in [0, 0.1) is 5.92 Å². The zero-order valence-electron chi connectivity index (χ0n) is 6.95. The van der Waals surface area contributed by atoms with Crippen molar-refractivity contribution in [3.05, 3.63) is 0 Å². The van der Waals surface area contributed by atoms with Crippen LogP contribution >= 0.6 is 0 Å². The molecule has 1 rings (SSSR count). The topological polar surface area (TPSA) is 63.6 Å². The molecule has 0 bridgehead atoms. The SMILES string of the molecule is CC1CCCOC1(O)C(=O)C=O. The summed E-state index contributed by atoms with van der Waals surface area (Å²) in [7, 11) is 0. The van der Waals surface area contributed by atoms with Crippen molar-refractivity contribution in [2.24, 2.45) is 5.92 Å². The Kier molecular flexibility index (Phi) is 2.59. The Morgan fingerprint density at radius 3 is 2.92 bits per heavy atom. The molecule has 0 saturated carbocycles. The van der Waals surface area contributed by atoms with E-state index in [0.717, 1.165) is 6.42 Å². The minimum absolute atomic E-state index is 0.113. The molecule has 1 N–H and O–H groups in total. The number of hydrogen-bond acceptors (Lipinski definition) is 4. The minimum Gasteiger partial charge on any atom is -0.359 e. The molecule has 4 nitrogen and oxygen atoms in total. The standard InChI is InChI=1S/C8H12O4/c1-6-3-2-4-12-8(6,11)7(10)5-9/h5-6,11H,2-4H2,1H3. The number of carbonyl (C=O) groups excluding carboxylic acids is 2. The average molecular weight is 172 g/mol. The Bertz CT molecular complexity index is 201. The Morgan fingerprint density at radius 2 is 2.42 bits per heavy atom. The Labute approximate surface area is 70.5 Å². The summed E-state index contributed by atoms with van der Waals surface area (Å²) in [6.07, 6.45) is 1.63. The molecule has 1 aliphatic rings. The van der Waals surface area contributed by atoms with Crippen molar-refractivity contribution >= 4 is 12.1 Å². The maximum Gasteiger partial charge on any atom is 0.254 e. The maximum atomic E-state index is 11.0. The number of aldehydes is 1. The lowest BCUT2D eigenvalue weighted by Crippen LogP contribution is -2.50. The molecule has 0 spiro atoms. The van der Waals surface area contributed by atoms with Crippen LogP contribution in [0.15, 0.2) is 0 Å². The van der Waals surface area contributed by atoms with Gasteiger partial charge in [-0.05, 0) is 12.8 Å². The maximum absolute atomic E-state index is 11.0. The summed E-state index contributed by atoms with van der Waals surface area (Å²) in [6.45, 7) is 2.03. The van der Waals surface area contributed by atoms with Crippen LogP contribution in [0.1, 0.15) is 19.8 Å². The van der Waals surface area contributed by atoms with Crippen LogP contribution in [-0.2, 0) is 14.3 Å². The van der Waals surface area contributed by atoms with E-state index in [1.54, 1.807) is 6.92 Å². The summed E-state index contributed by atoms with van der Waals surface area (Å²) in [6, 6.07) is 0. The molecule has 0 aliphatic carbocycles. The van der Waals surface area contributed by atoms with E-state index in [2.05, 4.69) is 0 Å². The highest BCUT2D eigenvalue weighted by Gasteiger charge is 2.44. The summed E-state index contributed by atoms with van der Waals surface area (Å²) in [5, 5.41) is 9.61. The molecule has 12 heavy (non-hydrogen) atoms. The van der Waals surface area contributed by atoms with Gasteiger partial charge in [-0.15, -0.1) is 0 Å². The fourth-order valence-corrected chi connectivity index (χ4v) is 1.35. The van der Waals surface area contributed by atoms with Crippen molar-refractivity contribution in [3.63, 3.8) is 0 Å². The fourth-order valence-electron chi connectivity index (χ4n) is 1.35. The van der Waals surface area contributed by atoms with Crippen molar-refractivity contribution in [2.45, 2.75) is 25.6 Å². The highest BCUT2D eigenvalue weighted by atomic mass is 16.6. The molecule has 0 aromatic carbocycles. The van der Waals surface area contributed by atoms with Gasteiger partial charge in [-0.3, -0.25) is 9.59 Å². The summed E-state index contributed by atoms with van der Waals surface area (Å²) >= 11 is 0. The van der Waals surface area contributed by atoms with Gasteiger partial charge in [0.25, 0.3) is 5.78 Å². The zero-order valence-corrected chi connectivity index (χ0v) is 6.95. The minimum atomic E-state index is -1.86. The Morgan fingerprint density at radius 1 is 1.75 bits per heavy atom. The van der Waals surface area contributed by atoms with Crippen LogP contribution in [0.5, 0.6) is 0 Å². The summed E-state index contributed by atoms with van der Waals surface area (Å²) in [5.74, 6) is -3.04. The molecular weight excluding hydrogens is 160 g/mol. The number of Topliss-reactive ketones (excluding diaryl/α,β-unsaturated/α-hetero) is 1. The van der Waals surface area contributed by atoms with Gasteiger partial charge in [0.15, 0.2) is 6.29 Å². The van der Waals surface area contributed by atoms with E-state index >= 15 is 0 Å². The molecule has 2 atom stereocenters. The van der Waals surface area contributed by atoms with E-state index < -0.39 is 11.6 Å². The molecule has 0 aromatic heterocycles. The van der Waals surface area contributed by atoms with Crippen LogP contribution in [-0.4, -0.2) is 29.6 Å². The van der Waals surface area contributed by atoms with Gasteiger partial charge in [0.2, 0.25) is 5.79 Å². The number of hydrogen-bond donors (Lipinski definition) is 1. The first-order chi connectivity index (χ1) is 5.61. The van der Waals surface area contributed by atoms with Crippen LogP contribution in [0.3, 0.4) is 0 Å². The molecule has 0 radical (unpaired) electrons. The van der Waals surface area contributed by atoms with Crippen LogP contribution in [0.25, 0.3) is 0 Å². The zero-order chi connectivity index (χ0) is 9.19. The second kappa shape index (κ2) is 3.33. The van der Waals surface area contributed by atoms with Crippen molar-refractivity contribution in [3.8, 4) is 0 Å². The predicted octanol–water partition coefficient (Wildman–Crippen LogP) is -0.110. The molecule has 2 unspecified atom stereocenters. The second-order valence-corrected chi connectivity index (χ2v) is 3.07. The predicted molar refractivity (Wildman–Crippen MR) is 40.4 cm³/mol. The molecule has 4 heteroatoms. The third-order valence-corrected chi connectivity index (χ3v) is 2.23.